The van der Waals surface area contributed by atoms with Gasteiger partial charge in [0.05, 0.1) is 10.8 Å². The second kappa shape index (κ2) is 5.62. The summed E-state index contributed by atoms with van der Waals surface area (Å²) in [5, 5.41) is 9.48. The maximum absolute atomic E-state index is 11.5. The summed E-state index contributed by atoms with van der Waals surface area (Å²) in [5.74, 6) is -0.444. The van der Waals surface area contributed by atoms with E-state index in [9.17, 15) is 13.2 Å². The van der Waals surface area contributed by atoms with Gasteiger partial charge in [-0.05, 0) is 17.9 Å². The van der Waals surface area contributed by atoms with Crippen molar-refractivity contribution in [2.24, 2.45) is 5.14 Å². The van der Waals surface area contributed by atoms with E-state index in [4.69, 9.17) is 16.7 Å². The summed E-state index contributed by atoms with van der Waals surface area (Å²) in [6.45, 7) is 0.253. The lowest BCUT2D eigenvalue weighted by Gasteiger charge is -2.03. The molecule has 1 heterocycles. The van der Waals surface area contributed by atoms with Crippen molar-refractivity contribution in [2.45, 2.75) is 6.42 Å². The number of halogens is 1. The van der Waals surface area contributed by atoms with Gasteiger partial charge >= 0.3 is 0 Å². The predicted molar refractivity (Wildman–Crippen MR) is 64.3 cm³/mol. The Morgan fingerprint density at radius 3 is 2.75 bits per heavy atom. The fourth-order valence-electron chi connectivity index (χ4n) is 1.01. The lowest BCUT2D eigenvalue weighted by atomic mass is 10.4. The average Bonchev–Trinajstić information content (AvgIpc) is 2.57. The number of carbonyl (C=O) groups is 1. The Labute approximate surface area is 103 Å². The van der Waals surface area contributed by atoms with Crippen LogP contribution in [0.2, 0.25) is 5.02 Å². The Balaban J connectivity index is 2.35. The smallest absolute Gasteiger partial charge is 0.262 e. The molecule has 0 saturated heterocycles. The summed E-state index contributed by atoms with van der Waals surface area (Å²) in [7, 11) is -3.46. The first-order chi connectivity index (χ1) is 7.40. The van der Waals surface area contributed by atoms with Gasteiger partial charge in [-0.1, -0.05) is 11.6 Å². The van der Waals surface area contributed by atoms with Crippen LogP contribution in [0.3, 0.4) is 0 Å². The Bertz CT molecular complexity index is 469. The minimum absolute atomic E-state index is 0.147. The fraction of sp³-hybridized carbons (Fsp3) is 0.375. The van der Waals surface area contributed by atoms with Crippen LogP contribution in [-0.2, 0) is 10.0 Å². The summed E-state index contributed by atoms with van der Waals surface area (Å²) in [4.78, 5) is 11.9. The van der Waals surface area contributed by atoms with Crippen LogP contribution < -0.4 is 10.5 Å². The highest BCUT2D eigenvalue weighted by molar-refractivity contribution is 7.89. The van der Waals surface area contributed by atoms with E-state index < -0.39 is 10.0 Å². The Morgan fingerprint density at radius 2 is 2.25 bits per heavy atom. The molecule has 1 rings (SSSR count). The van der Waals surface area contributed by atoms with Gasteiger partial charge < -0.3 is 5.32 Å². The topological polar surface area (TPSA) is 89.3 Å². The molecule has 16 heavy (non-hydrogen) atoms. The van der Waals surface area contributed by atoms with Crippen molar-refractivity contribution in [1.29, 1.82) is 0 Å². The monoisotopic (exact) mass is 282 g/mol. The van der Waals surface area contributed by atoms with Gasteiger partial charge in [-0.2, -0.15) is 0 Å². The highest BCUT2D eigenvalue weighted by atomic mass is 35.5. The van der Waals surface area contributed by atoms with Crippen LogP contribution in [0, 0.1) is 0 Å². The Morgan fingerprint density at radius 1 is 1.56 bits per heavy atom. The Kier molecular flexibility index (Phi) is 4.72. The second-order valence-electron chi connectivity index (χ2n) is 3.07. The molecule has 8 heteroatoms. The molecule has 1 aromatic heterocycles. The molecule has 0 aromatic carbocycles. The van der Waals surface area contributed by atoms with Crippen LogP contribution in [-0.4, -0.2) is 26.6 Å². The summed E-state index contributed by atoms with van der Waals surface area (Å²) in [6.07, 6.45) is 0.285. The molecule has 1 amide bonds. The summed E-state index contributed by atoms with van der Waals surface area (Å²) < 4.78 is 21.2. The van der Waals surface area contributed by atoms with Crippen molar-refractivity contribution in [3.63, 3.8) is 0 Å². The van der Waals surface area contributed by atoms with Gasteiger partial charge in [0.1, 0.15) is 4.88 Å². The molecule has 90 valence electrons. The van der Waals surface area contributed by atoms with Gasteiger partial charge in [-0.15, -0.1) is 11.3 Å². The standard InChI is InChI=1S/C8H11ClN2O3S2/c9-6-2-4-15-7(6)8(12)11-3-1-5-16(10,13)14/h2,4H,1,3,5H2,(H,11,12)(H2,10,13,14). The first-order valence-electron chi connectivity index (χ1n) is 4.42. The van der Waals surface area contributed by atoms with Crippen molar-refractivity contribution in [2.75, 3.05) is 12.3 Å². The van der Waals surface area contributed by atoms with E-state index in [0.717, 1.165) is 0 Å². The van der Waals surface area contributed by atoms with Gasteiger partial charge in [-0.25, -0.2) is 13.6 Å². The van der Waals surface area contributed by atoms with E-state index in [1.807, 2.05) is 0 Å². The first-order valence-corrected chi connectivity index (χ1v) is 7.39. The lowest BCUT2D eigenvalue weighted by Crippen LogP contribution is -2.26. The third-order valence-corrected chi connectivity index (χ3v) is 3.91. The molecule has 0 saturated carbocycles. The number of thiophene rings is 1. The number of nitrogens with two attached hydrogens (primary N) is 1. The quantitative estimate of drug-likeness (QED) is 0.783. The molecule has 0 aliphatic carbocycles. The fourth-order valence-corrected chi connectivity index (χ4v) is 2.62. The number of hydrogen-bond acceptors (Lipinski definition) is 4. The number of carbonyl (C=O) groups excluding carboxylic acids is 1. The summed E-state index contributed by atoms with van der Waals surface area (Å²) >= 11 is 6.99. The zero-order valence-corrected chi connectivity index (χ0v) is 10.7. The molecule has 0 fully saturated rings. The van der Waals surface area contributed by atoms with Crippen molar-refractivity contribution in [3.8, 4) is 0 Å². The van der Waals surface area contributed by atoms with Gasteiger partial charge in [0.15, 0.2) is 0 Å². The highest BCUT2D eigenvalue weighted by Crippen LogP contribution is 2.21. The molecule has 1 aromatic rings. The van der Waals surface area contributed by atoms with Crippen molar-refractivity contribution < 1.29 is 13.2 Å². The van der Waals surface area contributed by atoms with Crippen molar-refractivity contribution >= 4 is 38.9 Å². The van der Waals surface area contributed by atoms with E-state index in [-0.39, 0.29) is 24.6 Å². The second-order valence-corrected chi connectivity index (χ2v) is 6.13. The Hall–Kier alpha value is -0.630. The molecule has 0 unspecified atom stereocenters. The molecule has 0 aliphatic rings. The van der Waals surface area contributed by atoms with E-state index in [0.29, 0.717) is 9.90 Å². The summed E-state index contributed by atoms with van der Waals surface area (Å²) in [6, 6.07) is 1.63. The third-order valence-electron chi connectivity index (χ3n) is 1.71. The molecular formula is C8H11ClN2O3S2. The number of hydrogen-bond donors (Lipinski definition) is 2. The average molecular weight is 283 g/mol. The van der Waals surface area contributed by atoms with Gasteiger partial charge in [0.2, 0.25) is 10.0 Å². The minimum Gasteiger partial charge on any atom is -0.351 e. The lowest BCUT2D eigenvalue weighted by molar-refractivity contribution is 0.0958. The van der Waals surface area contributed by atoms with Gasteiger partial charge in [0, 0.05) is 6.54 Å². The third kappa shape index (κ3) is 4.48. The normalized spacial score (nSPS) is 11.4. The van der Waals surface area contributed by atoms with E-state index >= 15 is 0 Å². The van der Waals surface area contributed by atoms with Gasteiger partial charge in [-0.3, -0.25) is 4.79 Å². The molecule has 3 N–H and O–H groups in total. The number of primary sulfonamides is 1. The number of nitrogens with one attached hydrogen (secondary N) is 1. The molecular weight excluding hydrogens is 272 g/mol. The van der Waals surface area contributed by atoms with Crippen LogP contribution >= 0.6 is 22.9 Å². The van der Waals surface area contributed by atoms with Crippen LogP contribution in [0.4, 0.5) is 0 Å². The molecule has 0 bridgehead atoms. The number of rotatable bonds is 5. The minimum atomic E-state index is -3.46. The van der Waals surface area contributed by atoms with Crippen molar-refractivity contribution in [1.82, 2.24) is 5.32 Å². The highest BCUT2D eigenvalue weighted by Gasteiger charge is 2.11. The first kappa shape index (κ1) is 13.4. The zero-order chi connectivity index (χ0) is 12.2. The zero-order valence-electron chi connectivity index (χ0n) is 8.27. The molecule has 0 radical (unpaired) electrons. The molecule has 5 nitrogen and oxygen atoms in total. The molecule has 0 spiro atoms. The predicted octanol–water partition coefficient (Wildman–Crippen LogP) is 0.810. The van der Waals surface area contributed by atoms with Crippen LogP contribution in [0.5, 0.6) is 0 Å². The van der Waals surface area contributed by atoms with Crippen LogP contribution in [0.1, 0.15) is 16.1 Å². The van der Waals surface area contributed by atoms with Gasteiger partial charge in [0.25, 0.3) is 5.91 Å². The van der Waals surface area contributed by atoms with Crippen LogP contribution in [0.15, 0.2) is 11.4 Å². The van der Waals surface area contributed by atoms with E-state index in [1.54, 1.807) is 11.4 Å². The van der Waals surface area contributed by atoms with E-state index in [2.05, 4.69) is 5.32 Å². The molecule has 0 aliphatic heterocycles. The van der Waals surface area contributed by atoms with E-state index in [1.165, 1.54) is 11.3 Å². The maximum Gasteiger partial charge on any atom is 0.262 e. The SMILES string of the molecule is NS(=O)(=O)CCCNC(=O)c1sccc1Cl. The number of amides is 1. The largest absolute Gasteiger partial charge is 0.351 e. The van der Waals surface area contributed by atoms with Crippen LogP contribution in [0.25, 0.3) is 0 Å². The van der Waals surface area contributed by atoms with Crippen molar-refractivity contribution in [3.05, 3.63) is 21.3 Å². The number of sulfonamides is 1. The molecule has 0 atom stereocenters. The maximum atomic E-state index is 11.5. The summed E-state index contributed by atoms with van der Waals surface area (Å²) in [5.41, 5.74) is 0.